The van der Waals surface area contributed by atoms with E-state index in [1.54, 1.807) is 0 Å². The molecular formula is C58H38N4S2. The number of hydrogen-bond acceptors (Lipinski definition) is 5. The van der Waals surface area contributed by atoms with Crippen LogP contribution in [0.3, 0.4) is 0 Å². The summed E-state index contributed by atoms with van der Waals surface area (Å²) in [5, 5.41) is 10.1. The molecule has 0 bridgehead atoms. The Morgan fingerprint density at radius 1 is 0.469 bits per heavy atom. The van der Waals surface area contributed by atoms with Gasteiger partial charge in [0.1, 0.15) is 5.84 Å². The molecule has 0 fully saturated rings. The van der Waals surface area contributed by atoms with E-state index in [0.29, 0.717) is 0 Å². The van der Waals surface area contributed by atoms with Crippen molar-refractivity contribution in [3.05, 3.63) is 234 Å². The monoisotopic (exact) mass is 854 g/mol. The molecular weight excluding hydrogens is 817 g/mol. The average Bonchev–Trinajstić information content (AvgIpc) is 4.05. The zero-order chi connectivity index (χ0) is 42.1. The molecule has 64 heavy (non-hydrogen) atoms. The maximum Gasteiger partial charge on any atom is 0.134 e. The third kappa shape index (κ3) is 5.91. The van der Waals surface area contributed by atoms with E-state index in [4.69, 9.17) is 4.99 Å². The average molecular weight is 855 g/mol. The summed E-state index contributed by atoms with van der Waals surface area (Å²) < 4.78 is 6.21. The summed E-state index contributed by atoms with van der Waals surface area (Å²) in [5.74, 6) is 0.862. The van der Waals surface area contributed by atoms with Crippen molar-refractivity contribution in [2.45, 2.75) is 6.04 Å². The van der Waals surface area contributed by atoms with Crippen LogP contribution in [-0.2, 0) is 0 Å². The fraction of sp³-hybridized carbons (Fsp3) is 0.0172. The molecule has 1 atom stereocenters. The van der Waals surface area contributed by atoms with Crippen molar-refractivity contribution in [1.29, 1.82) is 0 Å². The van der Waals surface area contributed by atoms with Gasteiger partial charge in [-0.05, 0) is 95.6 Å². The molecule has 0 saturated heterocycles. The molecule has 1 aliphatic rings. The molecule has 302 valence electrons. The summed E-state index contributed by atoms with van der Waals surface area (Å²) in [5.41, 5.74) is 12.5. The fourth-order valence-electron chi connectivity index (χ4n) is 9.75. The molecule has 1 aliphatic heterocycles. The van der Waals surface area contributed by atoms with E-state index in [1.165, 1.54) is 57.2 Å². The van der Waals surface area contributed by atoms with Crippen LogP contribution in [0.4, 0.5) is 22.7 Å². The number of thiophene rings is 2. The molecule has 1 unspecified atom stereocenters. The number of nitrogens with one attached hydrogen (secondary N) is 1. The van der Waals surface area contributed by atoms with Crippen LogP contribution < -0.4 is 10.2 Å². The van der Waals surface area contributed by atoms with Crippen molar-refractivity contribution in [2.24, 2.45) is 4.99 Å². The molecule has 3 aromatic heterocycles. The van der Waals surface area contributed by atoms with E-state index in [9.17, 15) is 0 Å². The molecule has 0 saturated carbocycles. The number of aromatic nitrogens is 1. The molecule has 4 nitrogen and oxygen atoms in total. The van der Waals surface area contributed by atoms with Crippen LogP contribution in [0.1, 0.15) is 22.0 Å². The van der Waals surface area contributed by atoms with Gasteiger partial charge in [-0.15, -0.1) is 22.7 Å². The van der Waals surface area contributed by atoms with Crippen LogP contribution in [-0.4, -0.2) is 10.4 Å². The highest BCUT2D eigenvalue weighted by Crippen LogP contribution is 2.50. The van der Waals surface area contributed by atoms with Crippen molar-refractivity contribution >= 4 is 103 Å². The van der Waals surface area contributed by atoms with Gasteiger partial charge in [-0.3, -0.25) is 0 Å². The standard InChI is InChI=1S/C58H38N4S2/c1-4-17-37(18-5-1)38-19-14-20-39(35-38)54-57-55(45-26-11-13-32-52(45)64-57)60-58(59-54)40-33-34-47-46(36-40)53-48(61(47)41-21-6-2-7-22-41)28-16-29-49(53)62(42-23-8-3-9-24-42)50-30-15-27-44-43-25-10-12-31-51(43)63-56(44)50/h1-36,54H,(H,59,60). The van der Waals surface area contributed by atoms with Crippen LogP contribution in [0.5, 0.6) is 0 Å². The lowest BCUT2D eigenvalue weighted by Gasteiger charge is -2.27. The van der Waals surface area contributed by atoms with Gasteiger partial charge in [0.15, 0.2) is 0 Å². The molecule has 9 aromatic carbocycles. The zero-order valence-electron chi connectivity index (χ0n) is 34.5. The van der Waals surface area contributed by atoms with Gasteiger partial charge >= 0.3 is 0 Å². The Kier molecular flexibility index (Phi) is 8.61. The van der Waals surface area contributed by atoms with E-state index in [-0.39, 0.29) is 6.04 Å². The van der Waals surface area contributed by atoms with Gasteiger partial charge in [0.25, 0.3) is 0 Å². The number of fused-ring (bicyclic) bond motifs is 9. The second-order valence-corrected chi connectivity index (χ2v) is 18.5. The first-order valence-electron chi connectivity index (χ1n) is 21.7. The minimum atomic E-state index is -0.0872. The van der Waals surface area contributed by atoms with Gasteiger partial charge in [-0.1, -0.05) is 140 Å². The lowest BCUT2D eigenvalue weighted by molar-refractivity contribution is 0.766. The topological polar surface area (TPSA) is 32.6 Å². The molecule has 4 heterocycles. The number of rotatable bonds is 7. The highest BCUT2D eigenvalue weighted by molar-refractivity contribution is 7.26. The molecule has 0 spiro atoms. The number of nitrogens with zero attached hydrogens (tertiary/aromatic N) is 3. The minimum Gasteiger partial charge on any atom is -0.358 e. The number of aliphatic imine (C=N–C) groups is 1. The molecule has 0 radical (unpaired) electrons. The van der Waals surface area contributed by atoms with E-state index in [2.05, 4.69) is 233 Å². The van der Waals surface area contributed by atoms with Crippen molar-refractivity contribution in [1.82, 2.24) is 9.88 Å². The van der Waals surface area contributed by atoms with Crippen LogP contribution in [0.2, 0.25) is 0 Å². The summed E-state index contributed by atoms with van der Waals surface area (Å²) in [6, 6.07) is 79.0. The van der Waals surface area contributed by atoms with Gasteiger partial charge in [-0.2, -0.15) is 0 Å². The third-order valence-corrected chi connectivity index (χ3v) is 15.1. The molecule has 12 aromatic rings. The van der Waals surface area contributed by atoms with E-state index < -0.39 is 0 Å². The number of amidine groups is 1. The van der Waals surface area contributed by atoms with Crippen LogP contribution >= 0.6 is 22.7 Å². The van der Waals surface area contributed by atoms with Gasteiger partial charge in [0.2, 0.25) is 0 Å². The molecule has 0 amide bonds. The Labute approximate surface area is 378 Å². The van der Waals surface area contributed by atoms with Crippen LogP contribution in [0.15, 0.2) is 223 Å². The third-order valence-electron chi connectivity index (χ3n) is 12.6. The smallest absolute Gasteiger partial charge is 0.134 e. The Balaban J connectivity index is 1.05. The molecule has 13 rings (SSSR count). The van der Waals surface area contributed by atoms with Crippen LogP contribution in [0.25, 0.3) is 68.9 Å². The number of benzene rings is 9. The highest BCUT2D eigenvalue weighted by Gasteiger charge is 2.30. The number of anilines is 3. The number of hydrogen-bond donors (Lipinski definition) is 1. The van der Waals surface area contributed by atoms with Gasteiger partial charge in [0.05, 0.1) is 43.7 Å². The Hall–Kier alpha value is -7.77. The van der Waals surface area contributed by atoms with Crippen molar-refractivity contribution in [3.8, 4) is 16.8 Å². The van der Waals surface area contributed by atoms with Crippen molar-refractivity contribution in [3.63, 3.8) is 0 Å². The summed E-state index contributed by atoms with van der Waals surface area (Å²) in [6.45, 7) is 0. The molecule has 1 N–H and O–H groups in total. The maximum absolute atomic E-state index is 5.52. The Morgan fingerprint density at radius 2 is 1.12 bits per heavy atom. The summed E-state index contributed by atoms with van der Waals surface area (Å²) >= 11 is 3.69. The Bertz CT molecular complexity index is 3770. The van der Waals surface area contributed by atoms with Crippen molar-refractivity contribution < 1.29 is 0 Å². The summed E-state index contributed by atoms with van der Waals surface area (Å²) in [4.78, 5) is 9.22. The zero-order valence-corrected chi connectivity index (χ0v) is 36.2. The molecule has 0 aliphatic carbocycles. The second-order valence-electron chi connectivity index (χ2n) is 16.3. The van der Waals surface area contributed by atoms with Crippen LogP contribution in [0, 0.1) is 0 Å². The second kappa shape index (κ2) is 15.0. The van der Waals surface area contributed by atoms with Gasteiger partial charge in [-0.25, -0.2) is 4.99 Å². The minimum absolute atomic E-state index is 0.0872. The maximum atomic E-state index is 5.52. The van der Waals surface area contributed by atoms with E-state index in [0.717, 1.165) is 56.3 Å². The molecule has 6 heteroatoms. The predicted octanol–water partition coefficient (Wildman–Crippen LogP) is 16.3. The number of para-hydroxylation sites is 2. The largest absolute Gasteiger partial charge is 0.358 e. The highest BCUT2D eigenvalue weighted by atomic mass is 32.1. The first-order chi connectivity index (χ1) is 31.7. The normalized spacial score (nSPS) is 13.7. The Morgan fingerprint density at radius 3 is 1.95 bits per heavy atom. The lowest BCUT2D eigenvalue weighted by Crippen LogP contribution is -2.32. The first-order valence-corrected chi connectivity index (χ1v) is 23.3. The van der Waals surface area contributed by atoms with Crippen molar-refractivity contribution in [2.75, 3.05) is 4.90 Å². The predicted molar refractivity (Wildman–Crippen MR) is 273 cm³/mol. The van der Waals surface area contributed by atoms with E-state index in [1.807, 2.05) is 22.7 Å². The quantitative estimate of drug-likeness (QED) is 0.173. The first kappa shape index (κ1) is 36.8. The van der Waals surface area contributed by atoms with Gasteiger partial charge < -0.3 is 14.8 Å². The summed E-state index contributed by atoms with van der Waals surface area (Å²) in [6.07, 6.45) is 0. The summed E-state index contributed by atoms with van der Waals surface area (Å²) in [7, 11) is 0. The fourth-order valence-corrected chi connectivity index (χ4v) is 12.2. The SMILES string of the molecule is c1ccc(-c2cccc(C3NC(c4ccc5c(c4)c4c(N(c6ccccc6)c6cccc7c6sc6ccccc67)cccc4n5-c4ccccc4)=Nc4c3sc3ccccc43)c2)cc1. The van der Waals surface area contributed by atoms with Gasteiger partial charge in [0, 0.05) is 53.3 Å². The van der Waals surface area contributed by atoms with E-state index >= 15 is 0 Å². The lowest BCUT2D eigenvalue weighted by atomic mass is 9.96.